The summed E-state index contributed by atoms with van der Waals surface area (Å²) in [6.07, 6.45) is 2.17. The number of benzene rings is 1. The molecule has 0 atom stereocenters. The van der Waals surface area contributed by atoms with Crippen LogP contribution in [0.3, 0.4) is 0 Å². The molecule has 0 aliphatic carbocycles. The van der Waals surface area contributed by atoms with Gasteiger partial charge in [0.05, 0.1) is 4.47 Å². The van der Waals surface area contributed by atoms with Gasteiger partial charge in [-0.25, -0.2) is 0 Å². The van der Waals surface area contributed by atoms with Gasteiger partial charge in [-0.2, -0.15) is 0 Å². The van der Waals surface area contributed by atoms with Crippen LogP contribution >= 0.6 is 15.9 Å². The molecule has 1 saturated heterocycles. The molecule has 0 bridgehead atoms. The molecule has 16 heavy (non-hydrogen) atoms. The highest BCUT2D eigenvalue weighted by Gasteiger charge is 2.12. The molecule has 1 aliphatic heterocycles. The number of halogens is 1. The quantitative estimate of drug-likeness (QED) is 0.896. The first-order chi connectivity index (χ1) is 7.75. The summed E-state index contributed by atoms with van der Waals surface area (Å²) in [5.41, 5.74) is 1.18. The summed E-state index contributed by atoms with van der Waals surface area (Å²) < 4.78 is 6.05. The molecule has 2 rings (SSSR count). The molecule has 0 radical (unpaired) electrons. The van der Waals surface area contributed by atoms with Gasteiger partial charge in [0.15, 0.2) is 0 Å². The first-order valence-electron chi connectivity index (χ1n) is 5.54. The average molecular weight is 286 g/mol. The predicted molar refractivity (Wildman–Crippen MR) is 66.5 cm³/mol. The second kappa shape index (κ2) is 5.66. The van der Waals surface area contributed by atoms with E-state index >= 15 is 0 Å². The van der Waals surface area contributed by atoms with Crippen molar-refractivity contribution in [2.24, 2.45) is 0 Å². The molecule has 4 heteroatoms. The summed E-state index contributed by atoms with van der Waals surface area (Å²) in [6, 6.07) is 6.15. The Bertz CT molecular complexity index is 351. The van der Waals surface area contributed by atoms with Crippen LogP contribution in [0, 0.1) is 0 Å². The highest BCUT2D eigenvalue weighted by molar-refractivity contribution is 9.10. The number of phenolic OH excluding ortho intramolecular Hbond substituents is 1. The van der Waals surface area contributed by atoms with Crippen LogP contribution in [0.25, 0.3) is 0 Å². The number of aromatic hydroxyl groups is 1. The molecule has 2 N–H and O–H groups in total. The number of rotatable bonds is 3. The smallest absolute Gasteiger partial charge is 0.129 e. The van der Waals surface area contributed by atoms with Gasteiger partial charge in [0.25, 0.3) is 0 Å². The molecule has 0 spiro atoms. The van der Waals surface area contributed by atoms with E-state index in [0.29, 0.717) is 6.04 Å². The van der Waals surface area contributed by atoms with Crippen molar-refractivity contribution >= 4 is 15.9 Å². The van der Waals surface area contributed by atoms with Crippen molar-refractivity contribution in [3.63, 3.8) is 0 Å². The normalized spacial score (nSPS) is 17.6. The molecule has 0 amide bonds. The van der Waals surface area contributed by atoms with Crippen molar-refractivity contribution in [2.75, 3.05) is 13.2 Å². The zero-order chi connectivity index (χ0) is 11.4. The number of ether oxygens (including phenoxy) is 1. The first-order valence-corrected chi connectivity index (χ1v) is 6.33. The fraction of sp³-hybridized carbons (Fsp3) is 0.500. The van der Waals surface area contributed by atoms with Gasteiger partial charge >= 0.3 is 0 Å². The van der Waals surface area contributed by atoms with E-state index in [0.717, 1.165) is 37.1 Å². The third kappa shape index (κ3) is 3.20. The Morgan fingerprint density at radius 2 is 2.12 bits per heavy atom. The maximum Gasteiger partial charge on any atom is 0.129 e. The zero-order valence-corrected chi connectivity index (χ0v) is 10.7. The third-order valence-electron chi connectivity index (χ3n) is 2.83. The second-order valence-electron chi connectivity index (χ2n) is 4.05. The number of hydrogen-bond acceptors (Lipinski definition) is 3. The summed E-state index contributed by atoms with van der Waals surface area (Å²) in [5, 5.41) is 12.9. The van der Waals surface area contributed by atoms with Crippen LogP contribution in [0.1, 0.15) is 18.4 Å². The highest BCUT2D eigenvalue weighted by atomic mass is 79.9. The molecular weight excluding hydrogens is 270 g/mol. The monoisotopic (exact) mass is 285 g/mol. The molecule has 0 saturated carbocycles. The molecule has 88 valence electrons. The topological polar surface area (TPSA) is 41.5 Å². The predicted octanol–water partition coefficient (Wildman–Crippen LogP) is 2.42. The van der Waals surface area contributed by atoms with E-state index in [2.05, 4.69) is 21.2 Å². The summed E-state index contributed by atoms with van der Waals surface area (Å²) in [5.74, 6) is 0.287. The maximum atomic E-state index is 9.38. The Kier molecular flexibility index (Phi) is 4.21. The van der Waals surface area contributed by atoms with Gasteiger partial charge in [-0.3, -0.25) is 0 Å². The third-order valence-corrected chi connectivity index (χ3v) is 3.46. The minimum Gasteiger partial charge on any atom is -0.507 e. The number of hydrogen-bond donors (Lipinski definition) is 2. The molecule has 0 aromatic heterocycles. The maximum absolute atomic E-state index is 9.38. The minimum atomic E-state index is 0.287. The lowest BCUT2D eigenvalue weighted by atomic mass is 10.1. The van der Waals surface area contributed by atoms with Crippen molar-refractivity contribution in [1.29, 1.82) is 0 Å². The van der Waals surface area contributed by atoms with Gasteiger partial charge < -0.3 is 15.2 Å². The van der Waals surface area contributed by atoms with Crippen LogP contribution in [0.5, 0.6) is 5.75 Å². The Labute approximate surface area is 104 Å². The van der Waals surface area contributed by atoms with E-state index in [-0.39, 0.29) is 5.75 Å². The Morgan fingerprint density at radius 1 is 1.38 bits per heavy atom. The molecule has 0 unspecified atom stereocenters. The summed E-state index contributed by atoms with van der Waals surface area (Å²) in [7, 11) is 0. The van der Waals surface area contributed by atoms with Gasteiger partial charge in [0.1, 0.15) is 5.75 Å². The van der Waals surface area contributed by atoms with Crippen LogP contribution in [0.2, 0.25) is 0 Å². The fourth-order valence-corrected chi connectivity index (χ4v) is 2.25. The lowest BCUT2D eigenvalue weighted by Crippen LogP contribution is -2.34. The molecule has 1 heterocycles. The van der Waals surface area contributed by atoms with Gasteiger partial charge in [0.2, 0.25) is 0 Å². The van der Waals surface area contributed by atoms with Crippen molar-refractivity contribution < 1.29 is 9.84 Å². The Hall–Kier alpha value is -0.580. The SMILES string of the molecule is Oc1ccc(CNC2CCOCC2)cc1Br. The van der Waals surface area contributed by atoms with E-state index in [1.807, 2.05) is 12.1 Å². The summed E-state index contributed by atoms with van der Waals surface area (Å²) in [4.78, 5) is 0. The van der Waals surface area contributed by atoms with Gasteiger partial charge in [0, 0.05) is 25.8 Å². The molecule has 1 aromatic carbocycles. The van der Waals surface area contributed by atoms with Crippen LogP contribution in [-0.4, -0.2) is 24.4 Å². The first kappa shape index (κ1) is 11.9. The second-order valence-corrected chi connectivity index (χ2v) is 4.91. The van der Waals surface area contributed by atoms with Crippen LogP contribution in [0.15, 0.2) is 22.7 Å². The average Bonchev–Trinajstić information content (AvgIpc) is 2.32. The van der Waals surface area contributed by atoms with Crippen LogP contribution < -0.4 is 5.32 Å². The van der Waals surface area contributed by atoms with Crippen molar-refractivity contribution in [2.45, 2.75) is 25.4 Å². The van der Waals surface area contributed by atoms with E-state index in [4.69, 9.17) is 4.74 Å². The van der Waals surface area contributed by atoms with Gasteiger partial charge in [-0.1, -0.05) is 6.07 Å². The summed E-state index contributed by atoms with van der Waals surface area (Å²) in [6.45, 7) is 2.55. The minimum absolute atomic E-state index is 0.287. The largest absolute Gasteiger partial charge is 0.507 e. The standard InChI is InChI=1S/C12H16BrNO2/c13-11-7-9(1-2-12(11)15)8-14-10-3-5-16-6-4-10/h1-2,7,10,14-15H,3-6,8H2. The van der Waals surface area contributed by atoms with Crippen LogP contribution in [-0.2, 0) is 11.3 Å². The van der Waals surface area contributed by atoms with Crippen molar-refractivity contribution in [3.05, 3.63) is 28.2 Å². The van der Waals surface area contributed by atoms with Crippen LogP contribution in [0.4, 0.5) is 0 Å². The molecule has 1 fully saturated rings. The lowest BCUT2D eigenvalue weighted by molar-refractivity contribution is 0.0776. The molecule has 1 aliphatic rings. The van der Waals surface area contributed by atoms with E-state index < -0.39 is 0 Å². The molecule has 1 aromatic rings. The van der Waals surface area contributed by atoms with Gasteiger partial charge in [-0.05, 0) is 46.5 Å². The highest BCUT2D eigenvalue weighted by Crippen LogP contribution is 2.24. The van der Waals surface area contributed by atoms with Gasteiger partial charge in [-0.15, -0.1) is 0 Å². The van der Waals surface area contributed by atoms with Crippen molar-refractivity contribution in [1.82, 2.24) is 5.32 Å². The molecular formula is C12H16BrNO2. The number of phenols is 1. The summed E-state index contributed by atoms with van der Waals surface area (Å²) >= 11 is 3.31. The molecule has 3 nitrogen and oxygen atoms in total. The van der Waals surface area contributed by atoms with E-state index in [9.17, 15) is 5.11 Å². The number of nitrogens with one attached hydrogen (secondary N) is 1. The lowest BCUT2D eigenvalue weighted by Gasteiger charge is -2.23. The van der Waals surface area contributed by atoms with Crippen molar-refractivity contribution in [3.8, 4) is 5.75 Å². The Morgan fingerprint density at radius 3 is 2.81 bits per heavy atom. The van der Waals surface area contributed by atoms with E-state index in [1.165, 1.54) is 5.56 Å². The zero-order valence-electron chi connectivity index (χ0n) is 9.08. The van der Waals surface area contributed by atoms with E-state index in [1.54, 1.807) is 6.07 Å². The fourth-order valence-electron chi connectivity index (χ4n) is 1.82. The Balaban J connectivity index is 1.86.